The maximum absolute atomic E-state index is 12.5. The lowest BCUT2D eigenvalue weighted by Crippen LogP contribution is -2.08. The van der Waals surface area contributed by atoms with Gasteiger partial charge in [0.2, 0.25) is 0 Å². The molecule has 0 aliphatic heterocycles. The highest BCUT2D eigenvalue weighted by Gasteiger charge is 2.31. The Labute approximate surface area is 112 Å². The molecule has 0 saturated carbocycles. The van der Waals surface area contributed by atoms with Gasteiger partial charge in [0.25, 0.3) is 0 Å². The normalized spacial score (nSPS) is 11.3. The fourth-order valence-electron chi connectivity index (χ4n) is 1.45. The van der Waals surface area contributed by atoms with Crippen LogP contribution in [0.4, 0.5) is 13.2 Å². The Morgan fingerprint density at radius 2 is 2.15 bits per heavy atom. The van der Waals surface area contributed by atoms with Gasteiger partial charge >= 0.3 is 12.1 Å². The van der Waals surface area contributed by atoms with E-state index >= 15 is 0 Å². The third-order valence-electron chi connectivity index (χ3n) is 2.37. The number of halogens is 3. The monoisotopic (exact) mass is 285 g/mol. The second-order valence-electron chi connectivity index (χ2n) is 3.75. The quantitative estimate of drug-likeness (QED) is 0.382. The lowest BCUT2D eigenvalue weighted by atomic mass is 10.0. The van der Waals surface area contributed by atoms with E-state index in [9.17, 15) is 18.0 Å². The van der Waals surface area contributed by atoms with Crippen molar-refractivity contribution in [2.45, 2.75) is 12.6 Å². The molecular weight excluding hydrogens is 275 g/mol. The van der Waals surface area contributed by atoms with Crippen LogP contribution in [-0.2, 0) is 6.18 Å². The lowest BCUT2D eigenvalue weighted by Gasteiger charge is -2.09. The van der Waals surface area contributed by atoms with Crippen LogP contribution in [-0.4, -0.2) is 17.6 Å². The highest BCUT2D eigenvalue weighted by Crippen LogP contribution is 2.30. The molecule has 0 radical (unpaired) electrons. The van der Waals surface area contributed by atoms with E-state index in [0.717, 1.165) is 12.1 Å². The van der Waals surface area contributed by atoms with E-state index in [4.69, 9.17) is 10.6 Å². The average molecular weight is 285 g/mol. The van der Waals surface area contributed by atoms with Crippen molar-refractivity contribution >= 4 is 12.0 Å². The summed E-state index contributed by atoms with van der Waals surface area (Å²) in [4.78, 5) is 13.5. The number of benzene rings is 1. The van der Waals surface area contributed by atoms with Gasteiger partial charge in [0.1, 0.15) is 0 Å². The average Bonchev–Trinajstić information content (AvgIpc) is 2.37. The van der Waals surface area contributed by atoms with E-state index in [1.54, 1.807) is 0 Å². The van der Waals surface area contributed by atoms with Gasteiger partial charge in [-0.2, -0.15) is 13.2 Å². The van der Waals surface area contributed by atoms with Gasteiger partial charge in [0.15, 0.2) is 0 Å². The summed E-state index contributed by atoms with van der Waals surface area (Å²) in [6, 6.07) is 2.51. The fourth-order valence-corrected chi connectivity index (χ4v) is 1.45. The van der Waals surface area contributed by atoms with E-state index in [-0.39, 0.29) is 12.1 Å². The molecule has 0 unspecified atom stereocenters. The first-order chi connectivity index (χ1) is 9.36. The van der Waals surface area contributed by atoms with Crippen LogP contribution in [0.3, 0.4) is 0 Å². The molecule has 0 spiro atoms. The predicted molar refractivity (Wildman–Crippen MR) is 66.1 cm³/mol. The summed E-state index contributed by atoms with van der Waals surface area (Å²) in [6.45, 7) is 0.191. The van der Waals surface area contributed by atoms with Crippen molar-refractivity contribution in [3.8, 4) is 0 Å². The molecule has 0 heterocycles. The Morgan fingerprint density at radius 3 is 2.70 bits per heavy atom. The van der Waals surface area contributed by atoms with Crippen LogP contribution in [0.5, 0.6) is 0 Å². The first kappa shape index (κ1) is 15.6. The van der Waals surface area contributed by atoms with E-state index in [0.29, 0.717) is 12.5 Å². The molecule has 0 saturated heterocycles. The van der Waals surface area contributed by atoms with Crippen molar-refractivity contribution in [2.75, 3.05) is 6.54 Å². The van der Waals surface area contributed by atoms with Gasteiger partial charge in [-0.25, -0.2) is 4.79 Å². The van der Waals surface area contributed by atoms with Crippen molar-refractivity contribution < 1.29 is 23.1 Å². The summed E-state index contributed by atoms with van der Waals surface area (Å²) in [5.74, 6) is -1.44. The van der Waals surface area contributed by atoms with Crippen molar-refractivity contribution in [3.05, 3.63) is 51.4 Å². The van der Waals surface area contributed by atoms with Crippen molar-refractivity contribution in [3.63, 3.8) is 0 Å². The molecule has 20 heavy (non-hydrogen) atoms. The molecule has 1 aromatic rings. The number of azide groups is 1. The Hall–Kier alpha value is -2.47. The van der Waals surface area contributed by atoms with Gasteiger partial charge in [-0.3, -0.25) is 0 Å². The molecule has 0 fully saturated rings. The molecule has 1 rings (SSSR count). The van der Waals surface area contributed by atoms with Crippen molar-refractivity contribution in [1.82, 2.24) is 0 Å². The van der Waals surface area contributed by atoms with E-state index in [1.807, 2.05) is 0 Å². The zero-order valence-electron chi connectivity index (χ0n) is 10.1. The molecule has 0 aliphatic rings. The largest absolute Gasteiger partial charge is 0.478 e. The maximum atomic E-state index is 12.5. The maximum Gasteiger partial charge on any atom is 0.416 e. The summed E-state index contributed by atoms with van der Waals surface area (Å²) in [6.07, 6.45) is -1.31. The molecule has 0 aromatic heterocycles. The van der Waals surface area contributed by atoms with Gasteiger partial charge in [-0.05, 0) is 29.6 Å². The van der Waals surface area contributed by atoms with Gasteiger partial charge in [-0.1, -0.05) is 23.3 Å². The van der Waals surface area contributed by atoms with E-state index < -0.39 is 23.3 Å². The van der Waals surface area contributed by atoms with Crippen LogP contribution in [0.2, 0.25) is 0 Å². The van der Waals surface area contributed by atoms with Crippen molar-refractivity contribution in [1.29, 1.82) is 0 Å². The van der Waals surface area contributed by atoms with Crippen LogP contribution in [0.25, 0.3) is 16.5 Å². The molecule has 0 atom stereocenters. The molecule has 0 aliphatic carbocycles. The minimum Gasteiger partial charge on any atom is -0.478 e. The Kier molecular flexibility index (Phi) is 5.16. The number of alkyl halides is 3. The molecular formula is C12H10F3N3O2. The van der Waals surface area contributed by atoms with Gasteiger partial charge in [0, 0.05) is 11.5 Å². The summed E-state index contributed by atoms with van der Waals surface area (Å²) in [5, 5.41) is 12.2. The zero-order chi connectivity index (χ0) is 15.2. The second kappa shape index (κ2) is 6.63. The van der Waals surface area contributed by atoms with Gasteiger partial charge < -0.3 is 5.11 Å². The minimum absolute atomic E-state index is 0.159. The summed E-state index contributed by atoms with van der Waals surface area (Å²) < 4.78 is 37.5. The topological polar surface area (TPSA) is 86.1 Å². The highest BCUT2D eigenvalue weighted by atomic mass is 19.4. The molecule has 1 N–H and O–H groups in total. The predicted octanol–water partition coefficient (Wildman–Crippen LogP) is 4.12. The Morgan fingerprint density at radius 1 is 1.45 bits per heavy atom. The van der Waals surface area contributed by atoms with E-state index in [1.165, 1.54) is 12.2 Å². The third-order valence-corrected chi connectivity index (χ3v) is 2.37. The first-order valence-electron chi connectivity index (χ1n) is 5.48. The third kappa shape index (κ3) is 4.33. The van der Waals surface area contributed by atoms with Gasteiger partial charge in [-0.15, -0.1) is 0 Å². The number of rotatable bonds is 5. The number of aromatic carboxylic acids is 1. The number of carbonyl (C=O) groups is 1. The molecule has 1 aromatic carbocycles. The smallest absolute Gasteiger partial charge is 0.416 e. The summed E-state index contributed by atoms with van der Waals surface area (Å²) in [7, 11) is 0. The number of nitrogens with zero attached hydrogens (tertiary/aromatic N) is 3. The van der Waals surface area contributed by atoms with Crippen LogP contribution >= 0.6 is 0 Å². The number of carboxylic acids is 1. The summed E-state index contributed by atoms with van der Waals surface area (Å²) >= 11 is 0. The highest BCUT2D eigenvalue weighted by molar-refractivity contribution is 5.92. The van der Waals surface area contributed by atoms with E-state index in [2.05, 4.69) is 10.0 Å². The molecule has 5 nitrogen and oxygen atoms in total. The SMILES string of the molecule is [N-]=[N+]=NCCC=Cc1ccc(C(F)(F)F)cc1C(=O)O. The lowest BCUT2D eigenvalue weighted by molar-refractivity contribution is -0.137. The number of hydrogen-bond donors (Lipinski definition) is 1. The first-order valence-corrected chi connectivity index (χ1v) is 5.48. The fraction of sp³-hybridized carbons (Fsp3) is 0.250. The Balaban J connectivity index is 3.02. The van der Waals surface area contributed by atoms with Crippen LogP contribution in [0, 0.1) is 0 Å². The molecule has 0 bridgehead atoms. The zero-order valence-corrected chi connectivity index (χ0v) is 10.1. The standard InChI is InChI=1S/C12H10F3N3O2/c13-12(14,15)9-5-4-8(10(7-9)11(19)20)3-1-2-6-17-18-16/h1,3-5,7H,2,6H2,(H,19,20). The molecule has 0 amide bonds. The van der Waals surface area contributed by atoms with Crippen LogP contribution in [0.1, 0.15) is 27.9 Å². The second-order valence-corrected chi connectivity index (χ2v) is 3.75. The summed E-state index contributed by atoms with van der Waals surface area (Å²) in [5.41, 5.74) is 6.77. The van der Waals surface area contributed by atoms with Gasteiger partial charge in [0.05, 0.1) is 11.1 Å². The molecule has 106 valence electrons. The number of hydrogen-bond acceptors (Lipinski definition) is 2. The van der Waals surface area contributed by atoms with Crippen LogP contribution < -0.4 is 0 Å². The van der Waals surface area contributed by atoms with Crippen molar-refractivity contribution in [2.24, 2.45) is 5.11 Å². The minimum atomic E-state index is -4.59. The van der Waals surface area contributed by atoms with Crippen LogP contribution in [0.15, 0.2) is 29.4 Å². The Bertz CT molecular complexity index is 576. The molecule has 8 heteroatoms. The number of carboxylic acid groups (broad SMARTS) is 1.